The van der Waals surface area contributed by atoms with E-state index in [1.807, 2.05) is 24.9 Å². The van der Waals surface area contributed by atoms with Gasteiger partial charge in [-0.1, -0.05) is 39.0 Å². The maximum Gasteiger partial charge on any atom is 0.157 e. The zero-order chi connectivity index (χ0) is 14.4. The lowest BCUT2D eigenvalue weighted by Gasteiger charge is -2.06. The zero-order valence-corrected chi connectivity index (χ0v) is 12.9. The number of anilines is 1. The van der Waals surface area contributed by atoms with Crippen LogP contribution in [0.2, 0.25) is 0 Å². The molecule has 0 amide bonds. The Hall–Kier alpha value is -1.58. The lowest BCUT2D eigenvalue weighted by molar-refractivity contribution is 0.617. The van der Waals surface area contributed by atoms with Crippen molar-refractivity contribution in [1.29, 1.82) is 0 Å². The molecule has 0 aliphatic carbocycles. The normalized spacial score (nSPS) is 11.2. The van der Waals surface area contributed by atoms with Crippen molar-refractivity contribution in [2.45, 2.75) is 52.4 Å². The largest absolute Gasteiger partial charge is 0.384 e. The molecule has 4 heteroatoms. The molecule has 0 saturated carbocycles. The molecule has 0 saturated heterocycles. The fourth-order valence-corrected chi connectivity index (χ4v) is 2.54. The number of fused-ring (bicyclic) bond motifs is 1. The summed E-state index contributed by atoms with van der Waals surface area (Å²) in [5.74, 6) is 0. The molecule has 2 aromatic heterocycles. The fourth-order valence-electron chi connectivity index (χ4n) is 2.54. The number of nitrogens with zero attached hydrogens (tertiary/aromatic N) is 3. The summed E-state index contributed by atoms with van der Waals surface area (Å²) in [7, 11) is 1.94. The molecule has 0 aliphatic rings. The number of aromatic nitrogens is 3. The van der Waals surface area contributed by atoms with Crippen molar-refractivity contribution in [1.82, 2.24) is 14.8 Å². The van der Waals surface area contributed by atoms with Crippen molar-refractivity contribution >= 4 is 16.7 Å². The minimum Gasteiger partial charge on any atom is -0.384 e. The highest BCUT2D eigenvalue weighted by Crippen LogP contribution is 2.19. The number of hydrogen-bond donors (Lipinski definition) is 1. The van der Waals surface area contributed by atoms with E-state index in [1.165, 1.54) is 38.5 Å². The first-order valence-corrected chi connectivity index (χ1v) is 7.75. The molecule has 2 heterocycles. The Kier molecular flexibility index (Phi) is 5.39. The predicted octanol–water partition coefficient (Wildman–Crippen LogP) is 4.05. The zero-order valence-electron chi connectivity index (χ0n) is 12.9. The van der Waals surface area contributed by atoms with E-state index in [0.717, 1.165) is 29.0 Å². The number of unbranched alkanes of at least 4 members (excludes halogenated alkanes) is 5. The quantitative estimate of drug-likeness (QED) is 0.738. The van der Waals surface area contributed by atoms with Crippen LogP contribution in [0.5, 0.6) is 0 Å². The van der Waals surface area contributed by atoms with Crippen molar-refractivity contribution in [3.05, 3.63) is 18.0 Å². The van der Waals surface area contributed by atoms with Gasteiger partial charge in [-0.05, 0) is 19.4 Å². The Morgan fingerprint density at radius 3 is 2.70 bits per heavy atom. The van der Waals surface area contributed by atoms with Crippen LogP contribution in [0.3, 0.4) is 0 Å². The molecule has 0 radical (unpaired) electrons. The van der Waals surface area contributed by atoms with E-state index in [9.17, 15) is 0 Å². The van der Waals surface area contributed by atoms with Gasteiger partial charge < -0.3 is 5.32 Å². The molecule has 4 nitrogen and oxygen atoms in total. The Balaban J connectivity index is 1.80. The molecular formula is C16H26N4. The molecule has 110 valence electrons. The molecule has 0 fully saturated rings. The molecular weight excluding hydrogens is 248 g/mol. The lowest BCUT2D eigenvalue weighted by atomic mass is 10.1. The van der Waals surface area contributed by atoms with E-state index in [4.69, 9.17) is 0 Å². The summed E-state index contributed by atoms with van der Waals surface area (Å²) in [4.78, 5) is 4.48. The molecule has 0 aliphatic heterocycles. The average molecular weight is 274 g/mol. The van der Waals surface area contributed by atoms with E-state index in [-0.39, 0.29) is 0 Å². The summed E-state index contributed by atoms with van der Waals surface area (Å²) >= 11 is 0. The van der Waals surface area contributed by atoms with E-state index in [2.05, 4.69) is 28.4 Å². The van der Waals surface area contributed by atoms with Crippen LogP contribution in [0.4, 0.5) is 5.69 Å². The molecule has 0 unspecified atom stereocenters. The van der Waals surface area contributed by atoms with Crippen LogP contribution in [-0.2, 0) is 7.05 Å². The third kappa shape index (κ3) is 3.71. The van der Waals surface area contributed by atoms with Gasteiger partial charge in [0.2, 0.25) is 0 Å². The van der Waals surface area contributed by atoms with Gasteiger partial charge in [-0.25, -0.2) is 4.98 Å². The summed E-state index contributed by atoms with van der Waals surface area (Å²) in [6.07, 6.45) is 9.86. The van der Waals surface area contributed by atoms with Crippen molar-refractivity contribution < 1.29 is 0 Å². The van der Waals surface area contributed by atoms with Gasteiger partial charge in [0, 0.05) is 19.0 Å². The predicted molar refractivity (Wildman–Crippen MR) is 85.1 cm³/mol. The maximum atomic E-state index is 4.48. The number of nitrogens with one attached hydrogen (secondary N) is 1. The van der Waals surface area contributed by atoms with Crippen LogP contribution in [0.25, 0.3) is 11.0 Å². The van der Waals surface area contributed by atoms with Gasteiger partial charge >= 0.3 is 0 Å². The second kappa shape index (κ2) is 7.27. The Labute approximate surface area is 121 Å². The first kappa shape index (κ1) is 14.8. The minimum atomic E-state index is 0.951. The van der Waals surface area contributed by atoms with Gasteiger partial charge in [0.1, 0.15) is 0 Å². The number of pyridine rings is 1. The van der Waals surface area contributed by atoms with E-state index in [1.54, 1.807) is 0 Å². The number of hydrogen-bond acceptors (Lipinski definition) is 3. The standard InChI is InChI=1S/C16H26N4/c1-4-5-6-7-8-9-10-17-14-11-15-13(2)19-20(3)16(15)18-12-14/h11-12,17H,4-10H2,1-3H3. The smallest absolute Gasteiger partial charge is 0.157 e. The monoisotopic (exact) mass is 274 g/mol. The van der Waals surface area contributed by atoms with Crippen molar-refractivity contribution in [3.8, 4) is 0 Å². The van der Waals surface area contributed by atoms with Gasteiger partial charge in [-0.15, -0.1) is 0 Å². The van der Waals surface area contributed by atoms with E-state index >= 15 is 0 Å². The van der Waals surface area contributed by atoms with Crippen LogP contribution in [0.15, 0.2) is 12.3 Å². The average Bonchev–Trinajstić information content (AvgIpc) is 2.73. The Morgan fingerprint density at radius 1 is 1.15 bits per heavy atom. The van der Waals surface area contributed by atoms with Crippen LogP contribution >= 0.6 is 0 Å². The van der Waals surface area contributed by atoms with Gasteiger partial charge in [-0.3, -0.25) is 4.68 Å². The maximum absolute atomic E-state index is 4.48. The Bertz CT molecular complexity index is 545. The van der Waals surface area contributed by atoms with Gasteiger partial charge in [0.15, 0.2) is 5.65 Å². The molecule has 0 spiro atoms. The second-order valence-electron chi connectivity index (χ2n) is 5.50. The highest BCUT2D eigenvalue weighted by atomic mass is 15.3. The summed E-state index contributed by atoms with van der Waals surface area (Å²) in [5.41, 5.74) is 3.09. The van der Waals surface area contributed by atoms with Gasteiger partial charge in [-0.2, -0.15) is 5.10 Å². The third-order valence-corrected chi connectivity index (χ3v) is 3.72. The molecule has 0 bridgehead atoms. The Morgan fingerprint density at radius 2 is 1.90 bits per heavy atom. The van der Waals surface area contributed by atoms with Crippen LogP contribution < -0.4 is 5.32 Å². The third-order valence-electron chi connectivity index (χ3n) is 3.72. The number of aryl methyl sites for hydroxylation is 2. The molecule has 20 heavy (non-hydrogen) atoms. The van der Waals surface area contributed by atoms with Gasteiger partial charge in [0.05, 0.1) is 17.6 Å². The SMILES string of the molecule is CCCCCCCCNc1cnc2c(c1)c(C)nn2C. The van der Waals surface area contributed by atoms with Gasteiger partial charge in [0.25, 0.3) is 0 Å². The van der Waals surface area contributed by atoms with Crippen LogP contribution in [0.1, 0.15) is 51.1 Å². The molecule has 1 N–H and O–H groups in total. The highest BCUT2D eigenvalue weighted by molar-refractivity contribution is 5.81. The second-order valence-corrected chi connectivity index (χ2v) is 5.50. The van der Waals surface area contributed by atoms with Crippen molar-refractivity contribution in [2.75, 3.05) is 11.9 Å². The lowest BCUT2D eigenvalue weighted by Crippen LogP contribution is -2.02. The fraction of sp³-hybridized carbons (Fsp3) is 0.625. The van der Waals surface area contributed by atoms with E-state index in [0.29, 0.717) is 0 Å². The summed E-state index contributed by atoms with van der Waals surface area (Å²) < 4.78 is 1.84. The molecule has 0 atom stereocenters. The van der Waals surface area contributed by atoms with Crippen molar-refractivity contribution in [2.24, 2.45) is 7.05 Å². The van der Waals surface area contributed by atoms with Crippen LogP contribution in [0, 0.1) is 6.92 Å². The summed E-state index contributed by atoms with van der Waals surface area (Å²) in [6, 6.07) is 2.15. The summed E-state index contributed by atoms with van der Waals surface area (Å²) in [6.45, 7) is 5.31. The molecule has 2 aromatic rings. The van der Waals surface area contributed by atoms with E-state index < -0.39 is 0 Å². The molecule has 0 aromatic carbocycles. The van der Waals surface area contributed by atoms with Crippen LogP contribution in [-0.4, -0.2) is 21.3 Å². The molecule has 2 rings (SSSR count). The highest BCUT2D eigenvalue weighted by Gasteiger charge is 2.06. The summed E-state index contributed by atoms with van der Waals surface area (Å²) in [5, 5.41) is 9.00. The topological polar surface area (TPSA) is 42.7 Å². The number of rotatable bonds is 8. The minimum absolute atomic E-state index is 0.951. The first-order chi connectivity index (χ1) is 9.72. The van der Waals surface area contributed by atoms with Crippen molar-refractivity contribution in [3.63, 3.8) is 0 Å². The first-order valence-electron chi connectivity index (χ1n) is 7.75.